The molecule has 31 heavy (non-hydrogen) atoms. The number of carbonyl (C=O) groups is 2. The van der Waals surface area contributed by atoms with Gasteiger partial charge in [0.2, 0.25) is 0 Å². The van der Waals surface area contributed by atoms with E-state index in [-0.39, 0.29) is 18.7 Å². The molecule has 1 heterocycles. The summed E-state index contributed by atoms with van der Waals surface area (Å²) in [5.74, 6) is -1.04. The molecule has 0 fully saturated rings. The highest BCUT2D eigenvalue weighted by Crippen LogP contribution is 2.14. The summed E-state index contributed by atoms with van der Waals surface area (Å²) in [6, 6.07) is 15.8. The molecule has 1 atom stereocenters. The molecule has 3 rings (SSSR count). The number of aryl methyl sites for hydroxylation is 2. The van der Waals surface area contributed by atoms with Crippen LogP contribution in [0, 0.1) is 11.3 Å². The molecule has 0 aliphatic carbocycles. The van der Waals surface area contributed by atoms with Gasteiger partial charge in [0.05, 0.1) is 29.1 Å². The van der Waals surface area contributed by atoms with Crippen molar-refractivity contribution >= 4 is 28.6 Å². The van der Waals surface area contributed by atoms with E-state index in [0.29, 0.717) is 17.8 Å². The van der Waals surface area contributed by atoms with Crippen LogP contribution in [-0.2, 0) is 27.4 Å². The maximum atomic E-state index is 12.8. The second-order valence-corrected chi connectivity index (χ2v) is 7.14. The topological polar surface area (TPSA) is 106 Å². The molecule has 0 spiro atoms. The molecule has 0 saturated carbocycles. The summed E-state index contributed by atoms with van der Waals surface area (Å²) in [4.78, 5) is 37.3. The third kappa shape index (κ3) is 5.01. The number of nitriles is 1. The molecule has 0 aliphatic rings. The Morgan fingerprint density at radius 3 is 2.26 bits per heavy atom. The number of imidazole rings is 1. The van der Waals surface area contributed by atoms with Gasteiger partial charge in [-0.05, 0) is 49.7 Å². The Morgan fingerprint density at radius 2 is 1.68 bits per heavy atom. The van der Waals surface area contributed by atoms with Crippen LogP contribution in [-0.4, -0.2) is 27.1 Å². The number of hydrogen-bond acceptors (Lipinski definition) is 5. The molecular formula is C23H24N4O4. The lowest BCUT2D eigenvalue weighted by molar-refractivity contribution is -0.153. The van der Waals surface area contributed by atoms with Crippen molar-refractivity contribution in [1.82, 2.24) is 9.13 Å². The van der Waals surface area contributed by atoms with Gasteiger partial charge in [-0.25, -0.2) is 4.79 Å². The van der Waals surface area contributed by atoms with Gasteiger partial charge in [0.15, 0.2) is 6.10 Å². The number of aromatic nitrogens is 2. The fourth-order valence-corrected chi connectivity index (χ4v) is 3.31. The van der Waals surface area contributed by atoms with E-state index in [4.69, 9.17) is 10.00 Å². The van der Waals surface area contributed by atoms with E-state index < -0.39 is 18.0 Å². The second kappa shape index (κ2) is 9.76. The van der Waals surface area contributed by atoms with Gasteiger partial charge in [-0.15, -0.1) is 0 Å². The van der Waals surface area contributed by atoms with E-state index in [0.717, 1.165) is 17.5 Å². The number of benzene rings is 2. The zero-order chi connectivity index (χ0) is 22.4. The minimum atomic E-state index is -0.999. The van der Waals surface area contributed by atoms with Crippen molar-refractivity contribution in [3.63, 3.8) is 0 Å². The number of para-hydroxylation sites is 2. The van der Waals surface area contributed by atoms with Gasteiger partial charge in [-0.1, -0.05) is 19.1 Å². The van der Waals surface area contributed by atoms with E-state index in [1.807, 2.05) is 37.3 Å². The van der Waals surface area contributed by atoms with Crippen molar-refractivity contribution in [3.05, 3.63) is 64.6 Å². The first kappa shape index (κ1) is 21.8. The van der Waals surface area contributed by atoms with Crippen LogP contribution in [0.1, 0.15) is 32.3 Å². The molecule has 0 radical (unpaired) electrons. The predicted octanol–water partition coefficient (Wildman–Crippen LogP) is 3.05. The highest BCUT2D eigenvalue weighted by atomic mass is 16.5. The van der Waals surface area contributed by atoms with Gasteiger partial charge in [-0.3, -0.25) is 18.7 Å². The molecule has 1 N–H and O–H groups in total. The lowest BCUT2D eigenvalue weighted by Crippen LogP contribution is -2.31. The van der Waals surface area contributed by atoms with Gasteiger partial charge in [-0.2, -0.15) is 5.26 Å². The summed E-state index contributed by atoms with van der Waals surface area (Å²) in [7, 11) is 0. The SMILES string of the molecule is CCCn1c(=O)n(CCC(=O)O[C@H](C)C(=O)Nc2ccc(C#N)cc2)c2ccccc21. The first-order valence-corrected chi connectivity index (χ1v) is 10.1. The van der Waals surface area contributed by atoms with Crippen LogP contribution in [0.4, 0.5) is 5.69 Å². The number of nitrogens with zero attached hydrogens (tertiary/aromatic N) is 3. The number of rotatable bonds is 8. The summed E-state index contributed by atoms with van der Waals surface area (Å²) in [5.41, 5.74) is 2.41. The third-order valence-electron chi connectivity index (χ3n) is 4.87. The second-order valence-electron chi connectivity index (χ2n) is 7.14. The standard InChI is InChI=1S/C23H24N4O4/c1-3-13-26-19-6-4-5-7-20(19)27(23(26)30)14-12-21(28)31-16(2)22(29)25-18-10-8-17(15-24)9-11-18/h4-11,16H,3,12-14H2,1-2H3,(H,25,29)/t16-/m1/s1. The van der Waals surface area contributed by atoms with E-state index in [2.05, 4.69) is 5.32 Å². The van der Waals surface area contributed by atoms with E-state index in [9.17, 15) is 14.4 Å². The molecule has 8 nitrogen and oxygen atoms in total. The fourth-order valence-electron chi connectivity index (χ4n) is 3.31. The molecule has 1 amide bonds. The largest absolute Gasteiger partial charge is 0.452 e. The molecule has 0 saturated heterocycles. The molecular weight excluding hydrogens is 396 g/mol. The van der Waals surface area contributed by atoms with Gasteiger partial charge < -0.3 is 10.1 Å². The summed E-state index contributed by atoms with van der Waals surface area (Å²) in [6.45, 7) is 4.25. The number of esters is 1. The van der Waals surface area contributed by atoms with Crippen LogP contribution in [0.5, 0.6) is 0 Å². The fraction of sp³-hybridized carbons (Fsp3) is 0.304. The van der Waals surface area contributed by atoms with Crippen molar-refractivity contribution in [2.24, 2.45) is 0 Å². The Morgan fingerprint density at radius 1 is 1.06 bits per heavy atom. The quantitative estimate of drug-likeness (QED) is 0.564. The highest BCUT2D eigenvalue weighted by Gasteiger charge is 2.19. The number of amides is 1. The van der Waals surface area contributed by atoms with Crippen LogP contribution in [0.25, 0.3) is 11.0 Å². The molecule has 1 aromatic heterocycles. The third-order valence-corrected chi connectivity index (χ3v) is 4.87. The minimum absolute atomic E-state index is 0.0332. The summed E-state index contributed by atoms with van der Waals surface area (Å²) >= 11 is 0. The smallest absolute Gasteiger partial charge is 0.329 e. The molecule has 0 aliphatic heterocycles. The number of carbonyl (C=O) groups excluding carboxylic acids is 2. The van der Waals surface area contributed by atoms with Crippen LogP contribution in [0.2, 0.25) is 0 Å². The minimum Gasteiger partial charge on any atom is -0.452 e. The number of hydrogen-bond donors (Lipinski definition) is 1. The van der Waals surface area contributed by atoms with Crippen LogP contribution >= 0.6 is 0 Å². The Bertz CT molecular complexity index is 1180. The average Bonchev–Trinajstić information content (AvgIpc) is 3.04. The van der Waals surface area contributed by atoms with Gasteiger partial charge >= 0.3 is 11.7 Å². The maximum absolute atomic E-state index is 12.8. The Hall–Kier alpha value is -3.86. The van der Waals surface area contributed by atoms with E-state index in [1.165, 1.54) is 6.92 Å². The molecule has 3 aromatic rings. The van der Waals surface area contributed by atoms with Crippen molar-refractivity contribution in [2.45, 2.75) is 45.9 Å². The number of anilines is 1. The normalized spacial score (nSPS) is 11.6. The number of fused-ring (bicyclic) bond motifs is 1. The Labute approximate surface area is 179 Å². The van der Waals surface area contributed by atoms with Crippen LogP contribution in [0.3, 0.4) is 0 Å². The lowest BCUT2D eigenvalue weighted by atomic mass is 10.2. The van der Waals surface area contributed by atoms with Crippen LogP contribution in [0.15, 0.2) is 53.3 Å². The van der Waals surface area contributed by atoms with E-state index >= 15 is 0 Å². The Balaban J connectivity index is 1.61. The monoisotopic (exact) mass is 420 g/mol. The predicted molar refractivity (Wildman–Crippen MR) is 116 cm³/mol. The maximum Gasteiger partial charge on any atom is 0.329 e. The van der Waals surface area contributed by atoms with Gasteiger partial charge in [0.25, 0.3) is 5.91 Å². The van der Waals surface area contributed by atoms with Crippen molar-refractivity contribution in [3.8, 4) is 6.07 Å². The summed E-state index contributed by atoms with van der Waals surface area (Å²) in [5, 5.41) is 11.5. The lowest BCUT2D eigenvalue weighted by Gasteiger charge is -2.13. The summed E-state index contributed by atoms with van der Waals surface area (Å²) in [6.07, 6.45) is -0.211. The summed E-state index contributed by atoms with van der Waals surface area (Å²) < 4.78 is 8.50. The zero-order valence-electron chi connectivity index (χ0n) is 17.5. The molecule has 0 bridgehead atoms. The number of nitrogens with one attached hydrogen (secondary N) is 1. The van der Waals surface area contributed by atoms with Gasteiger partial charge in [0.1, 0.15) is 0 Å². The first-order valence-electron chi connectivity index (χ1n) is 10.1. The van der Waals surface area contributed by atoms with Crippen LogP contribution < -0.4 is 11.0 Å². The Kier molecular flexibility index (Phi) is 6.88. The van der Waals surface area contributed by atoms with Crippen molar-refractivity contribution in [1.29, 1.82) is 5.26 Å². The molecule has 2 aromatic carbocycles. The molecule has 0 unspecified atom stereocenters. The number of ether oxygens (including phenoxy) is 1. The van der Waals surface area contributed by atoms with Gasteiger partial charge in [0, 0.05) is 18.8 Å². The first-order chi connectivity index (χ1) is 14.9. The highest BCUT2D eigenvalue weighted by molar-refractivity contribution is 5.95. The van der Waals surface area contributed by atoms with Crippen molar-refractivity contribution < 1.29 is 14.3 Å². The average molecular weight is 420 g/mol. The van der Waals surface area contributed by atoms with Crippen molar-refractivity contribution in [2.75, 3.05) is 5.32 Å². The van der Waals surface area contributed by atoms with E-state index in [1.54, 1.807) is 33.4 Å². The zero-order valence-corrected chi connectivity index (χ0v) is 17.5. The molecule has 8 heteroatoms. The molecule has 160 valence electrons.